The van der Waals surface area contributed by atoms with Crippen molar-refractivity contribution in [1.29, 1.82) is 0 Å². The molecule has 5 nitrogen and oxygen atoms in total. The topological polar surface area (TPSA) is 70.2 Å². The van der Waals surface area contributed by atoms with E-state index in [1.54, 1.807) is 31.2 Å². The quantitative estimate of drug-likeness (QED) is 0.698. The number of thiocarbonyl (C=S) groups is 1. The molecule has 0 radical (unpaired) electrons. The normalized spacial score (nSPS) is 11.1. The third kappa shape index (κ3) is 5.14. The summed E-state index contributed by atoms with van der Waals surface area (Å²) >= 11 is 5.10. The summed E-state index contributed by atoms with van der Waals surface area (Å²) in [7, 11) is -3.40. The van der Waals surface area contributed by atoms with Gasteiger partial charge in [-0.25, -0.2) is 13.1 Å². The molecule has 1 aromatic carbocycles. The van der Waals surface area contributed by atoms with Gasteiger partial charge in [0.15, 0.2) is 5.11 Å². The summed E-state index contributed by atoms with van der Waals surface area (Å²) < 4.78 is 25.9. The van der Waals surface area contributed by atoms with E-state index in [1.807, 2.05) is 0 Å². The van der Waals surface area contributed by atoms with Gasteiger partial charge in [0.05, 0.1) is 4.90 Å². The molecule has 1 aromatic rings. The monoisotopic (exact) mass is 301 g/mol. The van der Waals surface area contributed by atoms with Crippen LogP contribution in [0.15, 0.2) is 29.2 Å². The zero-order valence-corrected chi connectivity index (χ0v) is 12.7. The van der Waals surface area contributed by atoms with Crippen molar-refractivity contribution in [3.63, 3.8) is 0 Å². The van der Waals surface area contributed by atoms with Crippen LogP contribution in [-0.4, -0.2) is 26.6 Å². The third-order valence-corrected chi connectivity index (χ3v) is 4.10. The van der Waals surface area contributed by atoms with Crippen LogP contribution in [0.1, 0.15) is 20.3 Å². The minimum atomic E-state index is -3.40. The van der Waals surface area contributed by atoms with E-state index in [2.05, 4.69) is 22.3 Å². The van der Waals surface area contributed by atoms with Crippen molar-refractivity contribution in [3.05, 3.63) is 24.3 Å². The molecule has 0 saturated carbocycles. The predicted octanol–water partition coefficient (Wildman–Crippen LogP) is 1.68. The maximum Gasteiger partial charge on any atom is 0.240 e. The van der Waals surface area contributed by atoms with Gasteiger partial charge in [-0.15, -0.1) is 0 Å². The first-order valence-electron chi connectivity index (χ1n) is 6.14. The summed E-state index contributed by atoms with van der Waals surface area (Å²) in [6.07, 6.45) is 0.988. The lowest BCUT2D eigenvalue weighted by Gasteiger charge is -2.10. The Hall–Kier alpha value is -1.18. The Morgan fingerprint density at radius 2 is 1.84 bits per heavy atom. The fraction of sp³-hybridized carbons (Fsp3) is 0.417. The van der Waals surface area contributed by atoms with E-state index in [0.29, 0.717) is 11.7 Å². The fourth-order valence-corrected chi connectivity index (χ4v) is 2.67. The van der Waals surface area contributed by atoms with E-state index in [9.17, 15) is 8.42 Å². The lowest BCUT2D eigenvalue weighted by Crippen LogP contribution is -2.29. The Labute approximate surface area is 119 Å². The minimum absolute atomic E-state index is 0.243. The van der Waals surface area contributed by atoms with E-state index in [4.69, 9.17) is 12.2 Å². The highest BCUT2D eigenvalue weighted by Crippen LogP contribution is 2.13. The van der Waals surface area contributed by atoms with E-state index in [0.717, 1.165) is 18.7 Å². The molecule has 0 aliphatic carbocycles. The van der Waals surface area contributed by atoms with Crippen molar-refractivity contribution in [1.82, 2.24) is 10.0 Å². The SMILES string of the molecule is CCCNC(=S)Nc1ccc(S(=O)(=O)NCC)cc1. The Balaban J connectivity index is 2.69. The van der Waals surface area contributed by atoms with E-state index in [1.165, 1.54) is 0 Å². The van der Waals surface area contributed by atoms with Gasteiger partial charge in [0.1, 0.15) is 0 Å². The smallest absolute Gasteiger partial charge is 0.240 e. The van der Waals surface area contributed by atoms with Crippen molar-refractivity contribution in [2.24, 2.45) is 0 Å². The van der Waals surface area contributed by atoms with Crippen molar-refractivity contribution >= 4 is 33.0 Å². The summed E-state index contributed by atoms with van der Waals surface area (Å²) in [6, 6.07) is 6.46. The average Bonchev–Trinajstić information content (AvgIpc) is 2.37. The van der Waals surface area contributed by atoms with Crippen LogP contribution < -0.4 is 15.4 Å². The van der Waals surface area contributed by atoms with Crippen LogP contribution >= 0.6 is 12.2 Å². The molecule has 0 aromatic heterocycles. The highest BCUT2D eigenvalue weighted by atomic mass is 32.2. The van der Waals surface area contributed by atoms with Gasteiger partial charge < -0.3 is 10.6 Å². The number of anilines is 1. The van der Waals surface area contributed by atoms with Gasteiger partial charge in [0, 0.05) is 18.8 Å². The second-order valence-corrected chi connectivity index (χ2v) is 6.08. The Kier molecular flexibility index (Phi) is 6.20. The van der Waals surface area contributed by atoms with Crippen LogP contribution in [-0.2, 0) is 10.0 Å². The van der Waals surface area contributed by atoms with E-state index >= 15 is 0 Å². The van der Waals surface area contributed by atoms with Crippen LogP contribution in [0.4, 0.5) is 5.69 Å². The molecule has 19 heavy (non-hydrogen) atoms. The summed E-state index contributed by atoms with van der Waals surface area (Å²) in [4.78, 5) is 0.243. The standard InChI is InChI=1S/C12H19N3O2S2/c1-3-9-13-12(18)15-10-5-7-11(8-6-10)19(16,17)14-4-2/h5-8,14H,3-4,9H2,1-2H3,(H2,13,15,18). The lowest BCUT2D eigenvalue weighted by molar-refractivity contribution is 0.584. The Bertz CT molecular complexity index is 512. The second kappa shape index (κ2) is 7.42. The molecule has 1 rings (SSSR count). The molecule has 0 atom stereocenters. The van der Waals surface area contributed by atoms with Crippen molar-refractivity contribution < 1.29 is 8.42 Å². The number of hydrogen-bond acceptors (Lipinski definition) is 3. The zero-order chi connectivity index (χ0) is 14.3. The van der Waals surface area contributed by atoms with Crippen LogP contribution in [0.3, 0.4) is 0 Å². The average molecular weight is 301 g/mol. The van der Waals surface area contributed by atoms with E-state index in [-0.39, 0.29) is 4.90 Å². The largest absolute Gasteiger partial charge is 0.362 e. The summed E-state index contributed by atoms with van der Waals surface area (Å²) in [5.41, 5.74) is 0.754. The third-order valence-electron chi connectivity index (χ3n) is 2.29. The highest BCUT2D eigenvalue weighted by molar-refractivity contribution is 7.89. The minimum Gasteiger partial charge on any atom is -0.362 e. The van der Waals surface area contributed by atoms with Gasteiger partial charge in [0.2, 0.25) is 10.0 Å². The summed E-state index contributed by atoms with van der Waals surface area (Å²) in [6.45, 7) is 4.97. The number of sulfonamides is 1. The molecule has 0 fully saturated rings. The van der Waals surface area contributed by atoms with Gasteiger partial charge in [-0.2, -0.15) is 0 Å². The van der Waals surface area contributed by atoms with Crippen LogP contribution in [0.2, 0.25) is 0 Å². The van der Waals surface area contributed by atoms with Crippen molar-refractivity contribution in [2.45, 2.75) is 25.2 Å². The molecule has 0 amide bonds. The second-order valence-electron chi connectivity index (χ2n) is 3.91. The lowest BCUT2D eigenvalue weighted by atomic mass is 10.3. The van der Waals surface area contributed by atoms with E-state index < -0.39 is 10.0 Å². The molecule has 7 heteroatoms. The van der Waals surface area contributed by atoms with Crippen molar-refractivity contribution in [2.75, 3.05) is 18.4 Å². The number of rotatable bonds is 6. The Morgan fingerprint density at radius 3 is 2.37 bits per heavy atom. The molecular formula is C12H19N3O2S2. The predicted molar refractivity (Wildman–Crippen MR) is 81.8 cm³/mol. The van der Waals surface area contributed by atoms with Gasteiger partial charge in [-0.3, -0.25) is 0 Å². The first-order chi connectivity index (χ1) is 8.99. The first-order valence-corrected chi connectivity index (χ1v) is 8.03. The van der Waals surface area contributed by atoms with Gasteiger partial charge in [0.25, 0.3) is 0 Å². The fourth-order valence-electron chi connectivity index (χ4n) is 1.40. The number of nitrogens with one attached hydrogen (secondary N) is 3. The van der Waals surface area contributed by atoms with Crippen molar-refractivity contribution in [3.8, 4) is 0 Å². The number of hydrogen-bond donors (Lipinski definition) is 3. The zero-order valence-electron chi connectivity index (χ0n) is 11.1. The maximum atomic E-state index is 11.7. The molecule has 0 bridgehead atoms. The van der Waals surface area contributed by atoms with Gasteiger partial charge in [-0.05, 0) is 42.9 Å². The maximum absolute atomic E-state index is 11.7. The molecule has 0 unspecified atom stereocenters. The van der Waals surface area contributed by atoms with Crippen LogP contribution in [0, 0.1) is 0 Å². The summed E-state index contributed by atoms with van der Waals surface area (Å²) in [5, 5.41) is 6.56. The molecule has 3 N–H and O–H groups in total. The highest BCUT2D eigenvalue weighted by Gasteiger charge is 2.11. The van der Waals surface area contributed by atoms with Gasteiger partial charge in [-0.1, -0.05) is 13.8 Å². The molecule has 0 aliphatic heterocycles. The van der Waals surface area contributed by atoms with Crippen LogP contribution in [0.25, 0.3) is 0 Å². The van der Waals surface area contributed by atoms with Gasteiger partial charge >= 0.3 is 0 Å². The molecule has 0 heterocycles. The molecule has 106 valence electrons. The Morgan fingerprint density at radius 1 is 1.21 bits per heavy atom. The first kappa shape index (κ1) is 15.9. The molecule has 0 spiro atoms. The van der Waals surface area contributed by atoms with Crippen LogP contribution in [0.5, 0.6) is 0 Å². The molecule has 0 aliphatic rings. The summed E-state index contributed by atoms with van der Waals surface area (Å²) in [5.74, 6) is 0. The number of benzene rings is 1. The molecule has 0 saturated heterocycles. The molecular weight excluding hydrogens is 282 g/mol.